The second-order valence-electron chi connectivity index (χ2n) is 7.18. The largest absolute Gasteiger partial charge is 0.506 e. The van der Waals surface area contributed by atoms with Crippen LogP contribution < -0.4 is 15.0 Å². The minimum atomic E-state index is 0. The average Bonchev–Trinajstić information content (AvgIpc) is 2.69. The molecule has 1 aliphatic heterocycles. The number of rotatable bonds is 5. The number of phenolic OH excluding ortho intramolecular Hbond substituents is 1. The second-order valence-corrected chi connectivity index (χ2v) is 7.18. The number of halogens is 1. The first-order valence-corrected chi connectivity index (χ1v) is 9.81. The van der Waals surface area contributed by atoms with Gasteiger partial charge in [-0.25, -0.2) is 0 Å². The summed E-state index contributed by atoms with van der Waals surface area (Å²) in [5, 5.41) is 13.5. The maximum Gasteiger partial charge on any atom is 0.194 e. The Balaban J connectivity index is 0.00000300. The van der Waals surface area contributed by atoms with E-state index in [0.717, 1.165) is 49.1 Å². The van der Waals surface area contributed by atoms with E-state index in [0.29, 0.717) is 12.3 Å². The van der Waals surface area contributed by atoms with Crippen molar-refractivity contribution in [2.75, 3.05) is 38.1 Å². The minimum Gasteiger partial charge on any atom is -0.506 e. The Hall–Kier alpha value is -2.16. The predicted octanol–water partition coefficient (Wildman–Crippen LogP) is 3.70. The van der Waals surface area contributed by atoms with Gasteiger partial charge in [-0.3, -0.25) is 4.99 Å². The van der Waals surface area contributed by atoms with Crippen LogP contribution in [-0.4, -0.2) is 55.3 Å². The highest BCUT2D eigenvalue weighted by atomic mass is 127. The lowest BCUT2D eigenvalue weighted by Crippen LogP contribution is -2.52. The summed E-state index contributed by atoms with van der Waals surface area (Å²) < 4.78 is 5.77. The predicted molar refractivity (Wildman–Crippen MR) is 130 cm³/mol. The van der Waals surface area contributed by atoms with Crippen LogP contribution in [0.2, 0.25) is 0 Å². The molecule has 2 aromatic carbocycles. The standard InChI is InChI=1S/C22H30N4O2.HI/c1-17(2)28-19-8-6-7-18(15-19)16-24-22(23-3)26-13-11-25(12-14-26)20-9-4-5-10-21(20)27;/h4-10,15,17,27H,11-14,16H2,1-3H3,(H,23,24);1H. The van der Waals surface area contributed by atoms with Crippen molar-refractivity contribution < 1.29 is 9.84 Å². The molecule has 0 radical (unpaired) electrons. The Kier molecular flexibility index (Phi) is 8.88. The zero-order chi connectivity index (χ0) is 19.9. The van der Waals surface area contributed by atoms with Crippen LogP contribution in [0.5, 0.6) is 11.5 Å². The summed E-state index contributed by atoms with van der Waals surface area (Å²) in [6, 6.07) is 15.7. The number of phenols is 1. The van der Waals surface area contributed by atoms with E-state index in [-0.39, 0.29) is 30.1 Å². The van der Waals surface area contributed by atoms with Crippen LogP contribution in [0.15, 0.2) is 53.5 Å². The number of nitrogens with one attached hydrogen (secondary N) is 1. The quantitative estimate of drug-likeness (QED) is 0.365. The number of guanidine groups is 1. The van der Waals surface area contributed by atoms with E-state index < -0.39 is 0 Å². The number of aromatic hydroxyl groups is 1. The molecule has 0 amide bonds. The molecular weight excluding hydrogens is 479 g/mol. The molecule has 0 bridgehead atoms. The maximum absolute atomic E-state index is 10.1. The van der Waals surface area contributed by atoms with Gasteiger partial charge in [-0.15, -0.1) is 24.0 Å². The average molecular weight is 510 g/mol. The molecule has 2 N–H and O–H groups in total. The summed E-state index contributed by atoms with van der Waals surface area (Å²) in [6.45, 7) is 8.14. The number of anilines is 1. The molecule has 1 heterocycles. The minimum absolute atomic E-state index is 0. The first kappa shape index (κ1) is 23.1. The normalized spacial score (nSPS) is 14.6. The van der Waals surface area contributed by atoms with Crippen molar-refractivity contribution >= 4 is 35.6 Å². The second kappa shape index (κ2) is 11.1. The number of benzene rings is 2. The van der Waals surface area contributed by atoms with Crippen LogP contribution in [0.1, 0.15) is 19.4 Å². The van der Waals surface area contributed by atoms with Gasteiger partial charge in [0, 0.05) is 39.8 Å². The SMILES string of the molecule is CN=C(NCc1cccc(OC(C)C)c1)N1CCN(c2ccccc2O)CC1.I. The number of piperazine rings is 1. The van der Waals surface area contributed by atoms with Gasteiger partial charge >= 0.3 is 0 Å². The van der Waals surface area contributed by atoms with Crippen molar-refractivity contribution in [2.45, 2.75) is 26.5 Å². The van der Waals surface area contributed by atoms with E-state index >= 15 is 0 Å². The van der Waals surface area contributed by atoms with Crippen molar-refractivity contribution in [3.63, 3.8) is 0 Å². The number of aliphatic imine (C=N–C) groups is 1. The lowest BCUT2D eigenvalue weighted by molar-refractivity contribution is 0.242. The van der Waals surface area contributed by atoms with E-state index in [1.807, 2.05) is 51.2 Å². The van der Waals surface area contributed by atoms with Crippen LogP contribution >= 0.6 is 24.0 Å². The van der Waals surface area contributed by atoms with Crippen LogP contribution in [0, 0.1) is 0 Å². The third-order valence-electron chi connectivity index (χ3n) is 4.73. The summed E-state index contributed by atoms with van der Waals surface area (Å²) in [6.07, 6.45) is 0.163. The first-order valence-electron chi connectivity index (χ1n) is 9.81. The Morgan fingerprint density at radius 2 is 1.83 bits per heavy atom. The number of hydrogen-bond donors (Lipinski definition) is 2. The van der Waals surface area contributed by atoms with Gasteiger partial charge in [0.2, 0.25) is 0 Å². The summed E-state index contributed by atoms with van der Waals surface area (Å²) in [5.74, 6) is 2.12. The highest BCUT2D eigenvalue weighted by Gasteiger charge is 2.21. The van der Waals surface area contributed by atoms with Gasteiger partial charge < -0.3 is 25.0 Å². The van der Waals surface area contributed by atoms with E-state index in [2.05, 4.69) is 32.2 Å². The molecule has 6 nitrogen and oxygen atoms in total. The van der Waals surface area contributed by atoms with E-state index in [4.69, 9.17) is 4.74 Å². The van der Waals surface area contributed by atoms with Gasteiger partial charge in [0.15, 0.2) is 5.96 Å². The Morgan fingerprint density at radius 3 is 2.48 bits per heavy atom. The molecule has 7 heteroatoms. The molecule has 2 aromatic rings. The fraction of sp³-hybridized carbons (Fsp3) is 0.409. The highest BCUT2D eigenvalue weighted by Crippen LogP contribution is 2.27. The smallest absolute Gasteiger partial charge is 0.194 e. The summed E-state index contributed by atoms with van der Waals surface area (Å²) in [4.78, 5) is 8.91. The third kappa shape index (κ3) is 6.42. The fourth-order valence-electron chi connectivity index (χ4n) is 3.41. The molecule has 158 valence electrons. The van der Waals surface area contributed by atoms with Crippen molar-refractivity contribution in [1.82, 2.24) is 10.2 Å². The summed E-state index contributed by atoms with van der Waals surface area (Å²) in [7, 11) is 1.82. The molecule has 0 atom stereocenters. The van der Waals surface area contributed by atoms with Gasteiger partial charge in [0.25, 0.3) is 0 Å². The molecular formula is C22H31IN4O2. The lowest BCUT2D eigenvalue weighted by atomic mass is 10.2. The Bertz CT molecular complexity index is 805. The van der Waals surface area contributed by atoms with Gasteiger partial charge in [-0.05, 0) is 43.7 Å². The number of para-hydroxylation sites is 2. The van der Waals surface area contributed by atoms with Crippen LogP contribution in [0.25, 0.3) is 0 Å². The van der Waals surface area contributed by atoms with E-state index in [9.17, 15) is 5.11 Å². The number of hydrogen-bond acceptors (Lipinski definition) is 4. The molecule has 3 rings (SSSR count). The maximum atomic E-state index is 10.1. The molecule has 1 aliphatic rings. The van der Waals surface area contributed by atoms with E-state index in [1.165, 1.54) is 0 Å². The fourth-order valence-corrected chi connectivity index (χ4v) is 3.41. The Morgan fingerprint density at radius 1 is 1.10 bits per heavy atom. The third-order valence-corrected chi connectivity index (χ3v) is 4.73. The molecule has 0 unspecified atom stereocenters. The van der Waals surface area contributed by atoms with Crippen molar-refractivity contribution in [3.8, 4) is 11.5 Å². The lowest BCUT2D eigenvalue weighted by Gasteiger charge is -2.37. The first-order chi connectivity index (χ1) is 13.6. The van der Waals surface area contributed by atoms with Gasteiger partial charge in [0.1, 0.15) is 11.5 Å². The molecule has 29 heavy (non-hydrogen) atoms. The monoisotopic (exact) mass is 510 g/mol. The summed E-state index contributed by atoms with van der Waals surface area (Å²) >= 11 is 0. The van der Waals surface area contributed by atoms with Crippen LogP contribution in [-0.2, 0) is 6.54 Å². The van der Waals surface area contributed by atoms with Gasteiger partial charge in [0.05, 0.1) is 11.8 Å². The molecule has 0 saturated carbocycles. The van der Waals surface area contributed by atoms with Crippen molar-refractivity contribution in [2.24, 2.45) is 4.99 Å². The van der Waals surface area contributed by atoms with Gasteiger partial charge in [-0.1, -0.05) is 24.3 Å². The van der Waals surface area contributed by atoms with Crippen molar-refractivity contribution in [3.05, 3.63) is 54.1 Å². The molecule has 1 fully saturated rings. The molecule has 1 saturated heterocycles. The summed E-state index contributed by atoms with van der Waals surface area (Å²) in [5.41, 5.74) is 2.05. The van der Waals surface area contributed by atoms with Crippen LogP contribution in [0.4, 0.5) is 5.69 Å². The number of ether oxygens (including phenoxy) is 1. The molecule has 0 spiro atoms. The van der Waals surface area contributed by atoms with Gasteiger partial charge in [-0.2, -0.15) is 0 Å². The Labute approximate surface area is 190 Å². The molecule has 0 aromatic heterocycles. The topological polar surface area (TPSA) is 60.3 Å². The van der Waals surface area contributed by atoms with Crippen LogP contribution in [0.3, 0.4) is 0 Å². The van der Waals surface area contributed by atoms with E-state index in [1.54, 1.807) is 6.07 Å². The van der Waals surface area contributed by atoms with Crippen molar-refractivity contribution in [1.29, 1.82) is 0 Å². The number of nitrogens with zero attached hydrogens (tertiary/aromatic N) is 3. The zero-order valence-corrected chi connectivity index (χ0v) is 19.7. The molecule has 0 aliphatic carbocycles. The highest BCUT2D eigenvalue weighted by molar-refractivity contribution is 14.0. The zero-order valence-electron chi connectivity index (χ0n) is 17.3.